The molecule has 20 heavy (non-hydrogen) atoms. The number of hydrogen-bond donors (Lipinski definition) is 0. The second-order valence-corrected chi connectivity index (χ2v) is 6.09. The molecule has 5 heteroatoms. The van der Waals surface area contributed by atoms with Crippen LogP contribution >= 0.6 is 0 Å². The summed E-state index contributed by atoms with van der Waals surface area (Å²) in [5.41, 5.74) is 1.55. The van der Waals surface area contributed by atoms with Crippen molar-refractivity contribution in [2.24, 2.45) is 0 Å². The van der Waals surface area contributed by atoms with Crippen molar-refractivity contribution in [1.82, 2.24) is 4.31 Å². The zero-order valence-corrected chi connectivity index (χ0v) is 12.4. The summed E-state index contributed by atoms with van der Waals surface area (Å²) < 4.78 is 19.4. The molecule has 0 saturated carbocycles. The second-order valence-electron chi connectivity index (χ2n) is 4.64. The molecule has 0 aliphatic carbocycles. The minimum Gasteiger partial charge on any atom is -0.379 e. The molecule has 1 saturated heterocycles. The van der Waals surface area contributed by atoms with Crippen LogP contribution in [0, 0.1) is 0 Å². The van der Waals surface area contributed by atoms with Crippen LogP contribution < -0.4 is 0 Å². The maximum absolute atomic E-state index is 12.3. The van der Waals surface area contributed by atoms with Gasteiger partial charge in [0.2, 0.25) is 0 Å². The van der Waals surface area contributed by atoms with E-state index in [2.05, 4.69) is 0 Å². The number of nitrogens with zero attached hydrogens (tertiary/aromatic N) is 1. The Balaban J connectivity index is 2.08. The van der Waals surface area contributed by atoms with E-state index in [0.717, 1.165) is 5.56 Å². The molecular weight excluding hydrogens is 274 g/mol. The lowest BCUT2D eigenvalue weighted by atomic mass is 10.1. The van der Waals surface area contributed by atoms with E-state index in [4.69, 9.17) is 4.74 Å². The highest BCUT2D eigenvalue weighted by Crippen LogP contribution is 2.11. The van der Waals surface area contributed by atoms with Crippen molar-refractivity contribution >= 4 is 22.8 Å². The monoisotopic (exact) mass is 293 g/mol. The van der Waals surface area contributed by atoms with Crippen LogP contribution in [0.5, 0.6) is 0 Å². The van der Waals surface area contributed by atoms with Gasteiger partial charge in [-0.15, -0.1) is 0 Å². The smallest absolute Gasteiger partial charge is 0.156 e. The van der Waals surface area contributed by atoms with Gasteiger partial charge in [-0.25, -0.2) is 8.51 Å². The van der Waals surface area contributed by atoms with Crippen LogP contribution in [-0.4, -0.2) is 46.4 Å². The highest BCUT2D eigenvalue weighted by atomic mass is 32.2. The van der Waals surface area contributed by atoms with Crippen LogP contribution in [0.3, 0.4) is 0 Å². The van der Waals surface area contributed by atoms with Gasteiger partial charge in [-0.05, 0) is 18.6 Å². The van der Waals surface area contributed by atoms with Gasteiger partial charge in [0.1, 0.15) is 0 Å². The molecule has 0 aromatic heterocycles. The molecule has 1 aromatic carbocycles. The lowest BCUT2D eigenvalue weighted by Gasteiger charge is -2.25. The van der Waals surface area contributed by atoms with Crippen molar-refractivity contribution in [2.45, 2.75) is 6.92 Å². The molecule has 0 amide bonds. The lowest BCUT2D eigenvalue weighted by molar-refractivity contribution is -0.113. The molecule has 1 heterocycles. The summed E-state index contributed by atoms with van der Waals surface area (Å²) in [6.45, 7) is 4.03. The number of ether oxygens (including phenoxy) is 1. The van der Waals surface area contributed by atoms with Gasteiger partial charge in [0.15, 0.2) is 5.78 Å². The quantitative estimate of drug-likeness (QED) is 0.776. The minimum atomic E-state index is -1.17. The summed E-state index contributed by atoms with van der Waals surface area (Å²) in [7, 11) is -1.17. The third-order valence-corrected chi connectivity index (χ3v) is 4.63. The predicted octanol–water partition coefficient (Wildman–Crippen LogP) is 1.65. The number of benzene rings is 1. The van der Waals surface area contributed by atoms with E-state index in [1.807, 2.05) is 40.7 Å². The maximum Gasteiger partial charge on any atom is 0.156 e. The first-order valence-corrected chi connectivity index (χ1v) is 7.92. The van der Waals surface area contributed by atoms with E-state index in [0.29, 0.717) is 31.9 Å². The third-order valence-electron chi connectivity index (χ3n) is 3.13. The zero-order chi connectivity index (χ0) is 14.4. The summed E-state index contributed by atoms with van der Waals surface area (Å²) in [6.07, 6.45) is 1.82. The first-order valence-electron chi connectivity index (χ1n) is 6.64. The molecule has 1 fully saturated rings. The third kappa shape index (κ3) is 4.37. The molecule has 0 spiro atoms. The van der Waals surface area contributed by atoms with E-state index in [-0.39, 0.29) is 11.5 Å². The fourth-order valence-corrected chi connectivity index (χ4v) is 3.26. The Morgan fingerprint density at radius 3 is 2.55 bits per heavy atom. The van der Waals surface area contributed by atoms with Gasteiger partial charge < -0.3 is 4.74 Å². The van der Waals surface area contributed by atoms with Gasteiger partial charge in [-0.3, -0.25) is 4.79 Å². The van der Waals surface area contributed by atoms with Gasteiger partial charge in [0.05, 0.1) is 30.0 Å². The molecule has 108 valence electrons. The number of morpholine rings is 1. The van der Waals surface area contributed by atoms with Crippen molar-refractivity contribution in [3.8, 4) is 0 Å². The Bertz CT molecular complexity index is 507. The number of rotatable bonds is 5. The highest BCUT2D eigenvalue weighted by Gasteiger charge is 2.19. The number of carbonyl (C=O) groups excluding carboxylic acids is 1. The Labute approximate surface area is 122 Å². The summed E-state index contributed by atoms with van der Waals surface area (Å²) >= 11 is 0. The van der Waals surface area contributed by atoms with Crippen LogP contribution in [0.25, 0.3) is 6.08 Å². The van der Waals surface area contributed by atoms with E-state index >= 15 is 0 Å². The number of Topliss-reactive ketones (excluding diaryl/α,β-unsaturated/α-hetero) is 1. The standard InChI is InChI=1S/C15H19NO3S/c1-13(17)15(11-14-5-3-2-4-6-14)12-20(18)16-7-9-19-10-8-16/h2-6,11H,7-10,12H2,1H3/b15-11+. The fourth-order valence-electron chi connectivity index (χ4n) is 1.97. The average Bonchev–Trinajstić information content (AvgIpc) is 2.48. The molecule has 0 N–H and O–H groups in total. The molecule has 0 radical (unpaired) electrons. The molecule has 1 unspecified atom stereocenters. The predicted molar refractivity (Wildman–Crippen MR) is 80.5 cm³/mol. The van der Waals surface area contributed by atoms with Crippen LogP contribution in [0.2, 0.25) is 0 Å². The first-order chi connectivity index (χ1) is 9.66. The van der Waals surface area contributed by atoms with Gasteiger partial charge in [-0.2, -0.15) is 0 Å². The Morgan fingerprint density at radius 1 is 1.30 bits per heavy atom. The lowest BCUT2D eigenvalue weighted by Crippen LogP contribution is -2.39. The summed E-state index contributed by atoms with van der Waals surface area (Å²) in [4.78, 5) is 11.7. The molecule has 1 atom stereocenters. The molecule has 1 aliphatic rings. The van der Waals surface area contributed by atoms with Gasteiger partial charge in [0, 0.05) is 18.7 Å². The Morgan fingerprint density at radius 2 is 1.95 bits per heavy atom. The van der Waals surface area contributed by atoms with E-state index in [1.165, 1.54) is 6.92 Å². The average molecular weight is 293 g/mol. The van der Waals surface area contributed by atoms with Gasteiger partial charge in [0.25, 0.3) is 0 Å². The molecule has 1 aromatic rings. The Hall–Kier alpha value is -1.30. The van der Waals surface area contributed by atoms with Crippen molar-refractivity contribution in [1.29, 1.82) is 0 Å². The largest absolute Gasteiger partial charge is 0.379 e. The van der Waals surface area contributed by atoms with Gasteiger partial charge in [-0.1, -0.05) is 30.3 Å². The van der Waals surface area contributed by atoms with E-state index in [1.54, 1.807) is 0 Å². The minimum absolute atomic E-state index is 0.0320. The first kappa shape index (κ1) is 15.1. The second kappa shape index (κ2) is 7.47. The van der Waals surface area contributed by atoms with Crippen LogP contribution in [0.1, 0.15) is 12.5 Å². The van der Waals surface area contributed by atoms with Crippen molar-refractivity contribution in [2.75, 3.05) is 32.1 Å². The molecule has 0 bridgehead atoms. The fraction of sp³-hybridized carbons (Fsp3) is 0.400. The van der Waals surface area contributed by atoms with Crippen molar-refractivity contribution < 1.29 is 13.7 Å². The molecule has 4 nitrogen and oxygen atoms in total. The Kier molecular flexibility index (Phi) is 5.64. The number of carbonyl (C=O) groups is 1. The topological polar surface area (TPSA) is 46.6 Å². The SMILES string of the molecule is CC(=O)/C(=C/c1ccccc1)CS(=O)N1CCOCC1. The van der Waals surface area contributed by atoms with Crippen molar-refractivity contribution in [3.05, 3.63) is 41.5 Å². The van der Waals surface area contributed by atoms with Crippen molar-refractivity contribution in [3.63, 3.8) is 0 Å². The van der Waals surface area contributed by atoms with Crippen LogP contribution in [-0.2, 0) is 20.5 Å². The summed E-state index contributed by atoms with van der Waals surface area (Å²) in [5, 5.41) is 0. The number of hydrogen-bond acceptors (Lipinski definition) is 3. The normalized spacial score (nSPS) is 18.8. The molecule has 2 rings (SSSR count). The summed E-state index contributed by atoms with van der Waals surface area (Å²) in [6, 6.07) is 9.63. The van der Waals surface area contributed by atoms with Crippen LogP contribution in [0.4, 0.5) is 0 Å². The summed E-state index contributed by atoms with van der Waals surface area (Å²) in [5.74, 6) is 0.236. The zero-order valence-electron chi connectivity index (χ0n) is 11.6. The maximum atomic E-state index is 12.3. The van der Waals surface area contributed by atoms with E-state index < -0.39 is 11.0 Å². The van der Waals surface area contributed by atoms with Crippen LogP contribution in [0.15, 0.2) is 35.9 Å². The molecular formula is C15H19NO3S. The van der Waals surface area contributed by atoms with E-state index in [9.17, 15) is 9.00 Å². The number of ketones is 1. The highest BCUT2D eigenvalue weighted by molar-refractivity contribution is 7.82. The molecule has 1 aliphatic heterocycles. The van der Waals surface area contributed by atoms with Gasteiger partial charge >= 0.3 is 0 Å².